The summed E-state index contributed by atoms with van der Waals surface area (Å²) in [5, 5.41) is 2.83. The van der Waals surface area contributed by atoms with Gasteiger partial charge in [-0.25, -0.2) is 14.4 Å². The molecule has 4 rings (SSSR count). The van der Waals surface area contributed by atoms with Gasteiger partial charge in [-0.15, -0.1) is 0 Å². The van der Waals surface area contributed by atoms with E-state index in [1.807, 2.05) is 0 Å². The van der Waals surface area contributed by atoms with Crippen molar-refractivity contribution in [2.45, 2.75) is 29.8 Å². The number of hydrogen-bond acceptors (Lipinski definition) is 8. The molecule has 186 valence electrons. The predicted molar refractivity (Wildman–Crippen MR) is 123 cm³/mol. The van der Waals surface area contributed by atoms with E-state index in [0.717, 1.165) is 12.4 Å². The van der Waals surface area contributed by atoms with Crippen molar-refractivity contribution in [3.05, 3.63) is 47.7 Å². The van der Waals surface area contributed by atoms with E-state index in [0.29, 0.717) is 12.3 Å². The van der Waals surface area contributed by atoms with Gasteiger partial charge in [0.2, 0.25) is 5.88 Å². The van der Waals surface area contributed by atoms with Crippen LogP contribution < -0.4 is 21.5 Å². The molecular formula is C21H21F4N7O2S. The number of nitrogens with zero attached hydrogens (tertiary/aromatic N) is 4. The Labute approximate surface area is 201 Å². The van der Waals surface area contributed by atoms with Gasteiger partial charge in [0.25, 0.3) is 5.91 Å². The number of nitrogens with two attached hydrogens (primary N) is 2. The van der Waals surface area contributed by atoms with Crippen molar-refractivity contribution in [3.63, 3.8) is 0 Å². The summed E-state index contributed by atoms with van der Waals surface area (Å²) in [4.78, 5) is 28.6. The molecule has 0 saturated heterocycles. The molecule has 0 bridgehead atoms. The van der Waals surface area contributed by atoms with Crippen LogP contribution in [0.2, 0.25) is 0 Å². The third-order valence-electron chi connectivity index (χ3n) is 5.91. The van der Waals surface area contributed by atoms with Gasteiger partial charge in [-0.1, -0.05) is 11.8 Å². The van der Waals surface area contributed by atoms with Crippen molar-refractivity contribution in [1.82, 2.24) is 9.97 Å². The van der Waals surface area contributed by atoms with Crippen molar-refractivity contribution in [2.75, 3.05) is 19.0 Å². The van der Waals surface area contributed by atoms with Crippen molar-refractivity contribution in [1.29, 1.82) is 0 Å². The molecule has 35 heavy (non-hydrogen) atoms. The molecule has 3 atom stereocenters. The van der Waals surface area contributed by atoms with E-state index in [2.05, 4.69) is 30.0 Å². The van der Waals surface area contributed by atoms with Gasteiger partial charge in [0.1, 0.15) is 17.3 Å². The summed E-state index contributed by atoms with van der Waals surface area (Å²) in [5.41, 5.74) is 11.4. The Morgan fingerprint density at radius 3 is 2.71 bits per heavy atom. The quantitative estimate of drug-likeness (QED) is 0.308. The molecule has 1 amide bonds. The van der Waals surface area contributed by atoms with Crippen molar-refractivity contribution < 1.29 is 27.1 Å². The molecule has 2 aliphatic rings. The fraction of sp³-hybridized carbons (Fsp3) is 0.381. The van der Waals surface area contributed by atoms with E-state index in [1.54, 1.807) is 14.0 Å². The van der Waals surface area contributed by atoms with E-state index in [9.17, 15) is 22.4 Å². The number of hydrogen-bond donors (Lipinski definition) is 3. The standard InChI is InChI=1S/C21H21F4N7O2S/c1-19(14-6-20(14,17(26)28-2)35-18(27)32-19)11-5-10(3-4-12(11)22)31-16(33)13-7-30-15(8-29-13)34-9-21(23,24)25/h3-5,7-8,14H,6,9H2,1-2H3,(H2,26,28)(H2,27,32)(H,31,33)/t14-,19+,20-/m0/s1. The highest BCUT2D eigenvalue weighted by atomic mass is 32.2. The SMILES string of the molecule is CN=C(N)[C@]12C[C@H]1[C@@](C)(c1cc(NC(=O)c3cnc(OCC(F)(F)F)cn3)ccc1F)N=C(N)S2. The molecule has 1 aromatic heterocycles. The van der Waals surface area contributed by atoms with Crippen LogP contribution in [0.15, 0.2) is 40.6 Å². The van der Waals surface area contributed by atoms with Crippen LogP contribution in [-0.2, 0) is 5.54 Å². The highest BCUT2D eigenvalue weighted by molar-refractivity contribution is 8.15. The molecule has 1 aliphatic heterocycles. The number of anilines is 1. The largest absolute Gasteiger partial charge is 0.467 e. The molecule has 0 unspecified atom stereocenters. The summed E-state index contributed by atoms with van der Waals surface area (Å²) in [5.74, 6) is -1.38. The molecule has 1 saturated carbocycles. The Hall–Kier alpha value is -3.42. The highest BCUT2D eigenvalue weighted by Gasteiger charge is 2.68. The van der Waals surface area contributed by atoms with Gasteiger partial charge in [-0.2, -0.15) is 13.2 Å². The lowest BCUT2D eigenvalue weighted by Gasteiger charge is -2.34. The minimum atomic E-state index is -4.53. The predicted octanol–water partition coefficient (Wildman–Crippen LogP) is 2.83. The van der Waals surface area contributed by atoms with E-state index < -0.39 is 34.8 Å². The Bertz CT molecular complexity index is 1220. The number of alkyl halides is 3. The maximum atomic E-state index is 15.0. The molecule has 1 aromatic carbocycles. The highest BCUT2D eigenvalue weighted by Crippen LogP contribution is 2.66. The first-order valence-electron chi connectivity index (χ1n) is 10.3. The number of carbonyl (C=O) groups is 1. The van der Waals surface area contributed by atoms with Crippen LogP contribution in [0.1, 0.15) is 29.4 Å². The fourth-order valence-corrected chi connectivity index (χ4v) is 5.57. The van der Waals surface area contributed by atoms with Gasteiger partial charge in [0.15, 0.2) is 11.8 Å². The Morgan fingerprint density at radius 1 is 1.34 bits per heavy atom. The number of aliphatic imine (C=N–C) groups is 2. The number of halogens is 4. The van der Waals surface area contributed by atoms with E-state index in [-0.39, 0.29) is 33.9 Å². The lowest BCUT2D eigenvalue weighted by atomic mass is 9.85. The summed E-state index contributed by atoms with van der Waals surface area (Å²) in [6.07, 6.45) is -2.05. The second-order valence-corrected chi connectivity index (χ2v) is 9.60. The zero-order valence-electron chi connectivity index (χ0n) is 18.6. The molecule has 5 N–H and O–H groups in total. The monoisotopic (exact) mass is 511 g/mol. The number of benzene rings is 1. The Balaban J connectivity index is 1.54. The normalized spacial score (nSPS) is 25.9. The van der Waals surface area contributed by atoms with Crippen LogP contribution in [0.25, 0.3) is 0 Å². The lowest BCUT2D eigenvalue weighted by molar-refractivity contribution is -0.154. The topological polar surface area (TPSA) is 141 Å². The van der Waals surface area contributed by atoms with Crippen LogP contribution >= 0.6 is 11.8 Å². The summed E-state index contributed by atoms with van der Waals surface area (Å²) >= 11 is 1.31. The minimum Gasteiger partial charge on any atom is -0.467 e. The minimum absolute atomic E-state index is 0.161. The Kier molecular flexibility index (Phi) is 6.11. The number of amides is 1. The van der Waals surface area contributed by atoms with Gasteiger partial charge >= 0.3 is 6.18 Å². The number of rotatable bonds is 6. The number of aromatic nitrogens is 2. The van der Waals surface area contributed by atoms with Crippen LogP contribution in [0, 0.1) is 11.7 Å². The number of nitrogens with one attached hydrogen (secondary N) is 1. The number of carbonyl (C=O) groups excluding carboxylic acids is 1. The zero-order chi connectivity index (χ0) is 25.6. The number of amidine groups is 2. The zero-order valence-corrected chi connectivity index (χ0v) is 19.4. The van der Waals surface area contributed by atoms with Crippen LogP contribution in [0.4, 0.5) is 23.2 Å². The van der Waals surface area contributed by atoms with Crippen molar-refractivity contribution >= 4 is 34.4 Å². The lowest BCUT2D eigenvalue weighted by Crippen LogP contribution is -2.42. The van der Waals surface area contributed by atoms with Crippen molar-refractivity contribution in [2.24, 2.45) is 27.4 Å². The average molecular weight is 512 g/mol. The fourth-order valence-electron chi connectivity index (χ4n) is 4.15. The molecule has 0 radical (unpaired) electrons. The van der Waals surface area contributed by atoms with Gasteiger partial charge in [0, 0.05) is 24.2 Å². The first kappa shape index (κ1) is 24.7. The first-order chi connectivity index (χ1) is 16.4. The molecule has 0 spiro atoms. The van der Waals surface area contributed by atoms with Crippen molar-refractivity contribution in [3.8, 4) is 5.88 Å². The van der Waals surface area contributed by atoms with Gasteiger partial charge in [-0.3, -0.25) is 14.8 Å². The third kappa shape index (κ3) is 4.74. The Morgan fingerprint density at radius 2 is 2.09 bits per heavy atom. The molecular weight excluding hydrogens is 490 g/mol. The van der Waals surface area contributed by atoms with E-state index in [4.69, 9.17) is 11.5 Å². The van der Waals surface area contributed by atoms with Crippen LogP contribution in [0.5, 0.6) is 5.88 Å². The second-order valence-electron chi connectivity index (χ2n) is 8.25. The molecule has 2 aromatic rings. The number of thioether (sulfide) groups is 1. The summed E-state index contributed by atoms with van der Waals surface area (Å²) in [6, 6.07) is 4.02. The maximum Gasteiger partial charge on any atom is 0.422 e. The molecule has 1 fully saturated rings. The number of fused-ring (bicyclic) bond motifs is 1. The smallest absolute Gasteiger partial charge is 0.422 e. The van der Waals surface area contributed by atoms with Gasteiger partial charge in [-0.05, 0) is 31.5 Å². The molecule has 2 heterocycles. The third-order valence-corrected chi connectivity index (χ3v) is 7.23. The van der Waals surface area contributed by atoms with E-state index >= 15 is 0 Å². The van der Waals surface area contributed by atoms with E-state index in [1.165, 1.54) is 30.0 Å². The second kappa shape index (κ2) is 8.66. The summed E-state index contributed by atoms with van der Waals surface area (Å²) in [6.45, 7) is 0.220. The van der Waals surface area contributed by atoms with Gasteiger partial charge < -0.3 is 21.5 Å². The summed E-state index contributed by atoms with van der Waals surface area (Å²) < 4.78 is 55.6. The van der Waals surface area contributed by atoms with Crippen LogP contribution in [0.3, 0.4) is 0 Å². The van der Waals surface area contributed by atoms with Gasteiger partial charge in [0.05, 0.1) is 22.7 Å². The molecule has 1 aliphatic carbocycles. The number of ether oxygens (including phenoxy) is 1. The van der Waals surface area contributed by atoms with Crippen LogP contribution in [-0.4, -0.2) is 51.5 Å². The summed E-state index contributed by atoms with van der Waals surface area (Å²) in [7, 11) is 1.58. The molecule has 9 nitrogen and oxygen atoms in total. The average Bonchev–Trinajstić information content (AvgIpc) is 3.55. The first-order valence-corrected chi connectivity index (χ1v) is 11.1. The maximum absolute atomic E-state index is 15.0. The molecule has 14 heteroatoms.